The number of hydrogen-bond acceptors (Lipinski definition) is 2. The second-order valence-corrected chi connectivity index (χ2v) is 2.60. The molecule has 0 bridgehead atoms. The molecule has 0 unspecified atom stereocenters. The van der Waals surface area contributed by atoms with Crippen molar-refractivity contribution in [1.29, 1.82) is 0 Å². The van der Waals surface area contributed by atoms with Crippen LogP contribution < -0.4 is 0 Å². The van der Waals surface area contributed by atoms with Gasteiger partial charge in [0, 0.05) is 5.69 Å². The normalized spacial score (nSPS) is 10.7. The highest BCUT2D eigenvalue weighted by atomic mass is 15.3. The van der Waals surface area contributed by atoms with Crippen molar-refractivity contribution >= 4 is 5.65 Å². The maximum absolute atomic E-state index is 4.23. The third-order valence-electron chi connectivity index (χ3n) is 1.65. The standard InChI is InChI=1S/C8H9N3/c1-6-4-3-5-8-9-7(2)10-11(6)8/h3-5H,1-2H3. The van der Waals surface area contributed by atoms with Gasteiger partial charge >= 0.3 is 0 Å². The van der Waals surface area contributed by atoms with E-state index in [0.717, 1.165) is 17.2 Å². The fourth-order valence-corrected chi connectivity index (χ4v) is 1.14. The predicted molar refractivity (Wildman–Crippen MR) is 42.5 cm³/mol. The summed E-state index contributed by atoms with van der Waals surface area (Å²) in [4.78, 5) is 4.23. The van der Waals surface area contributed by atoms with Crippen molar-refractivity contribution in [2.24, 2.45) is 0 Å². The molecule has 0 fully saturated rings. The summed E-state index contributed by atoms with van der Waals surface area (Å²) in [5.74, 6) is 0.819. The van der Waals surface area contributed by atoms with Gasteiger partial charge in [0.2, 0.25) is 0 Å². The molecule has 0 spiro atoms. The molecule has 3 nitrogen and oxygen atoms in total. The zero-order valence-electron chi connectivity index (χ0n) is 6.57. The molecular formula is C8H9N3. The Hall–Kier alpha value is -1.38. The molecule has 0 aliphatic rings. The van der Waals surface area contributed by atoms with Crippen molar-refractivity contribution < 1.29 is 0 Å². The molecule has 0 aliphatic carbocycles. The Morgan fingerprint density at radius 2 is 2.09 bits per heavy atom. The molecule has 56 valence electrons. The number of rotatable bonds is 0. The molecule has 0 atom stereocenters. The summed E-state index contributed by atoms with van der Waals surface area (Å²) in [7, 11) is 0. The lowest BCUT2D eigenvalue weighted by Crippen LogP contribution is -1.91. The van der Waals surface area contributed by atoms with Gasteiger partial charge in [-0.3, -0.25) is 0 Å². The molecule has 0 amide bonds. The first-order valence-electron chi connectivity index (χ1n) is 3.56. The number of aromatic nitrogens is 3. The second kappa shape index (κ2) is 2.05. The lowest BCUT2D eigenvalue weighted by atomic mass is 10.4. The number of nitrogens with zero attached hydrogens (tertiary/aromatic N) is 3. The molecule has 0 N–H and O–H groups in total. The van der Waals surface area contributed by atoms with Crippen LogP contribution in [0.3, 0.4) is 0 Å². The zero-order valence-corrected chi connectivity index (χ0v) is 6.57. The minimum absolute atomic E-state index is 0.819. The fraction of sp³-hybridized carbons (Fsp3) is 0.250. The van der Waals surface area contributed by atoms with Crippen LogP contribution in [-0.2, 0) is 0 Å². The average molecular weight is 147 g/mol. The Kier molecular flexibility index (Phi) is 1.18. The molecule has 0 aromatic carbocycles. The van der Waals surface area contributed by atoms with Gasteiger partial charge < -0.3 is 0 Å². The summed E-state index contributed by atoms with van der Waals surface area (Å²) >= 11 is 0. The molecule has 11 heavy (non-hydrogen) atoms. The van der Waals surface area contributed by atoms with Gasteiger partial charge in [0.1, 0.15) is 5.82 Å². The van der Waals surface area contributed by atoms with Crippen molar-refractivity contribution in [3.05, 3.63) is 29.7 Å². The van der Waals surface area contributed by atoms with Crippen LogP contribution in [0.15, 0.2) is 18.2 Å². The van der Waals surface area contributed by atoms with Crippen LogP contribution >= 0.6 is 0 Å². The van der Waals surface area contributed by atoms with Gasteiger partial charge in [-0.25, -0.2) is 9.50 Å². The fourth-order valence-electron chi connectivity index (χ4n) is 1.14. The highest BCUT2D eigenvalue weighted by molar-refractivity contribution is 5.38. The quantitative estimate of drug-likeness (QED) is 0.563. The smallest absolute Gasteiger partial charge is 0.155 e. The van der Waals surface area contributed by atoms with Gasteiger partial charge in [-0.2, -0.15) is 5.10 Å². The molecule has 2 aromatic rings. The van der Waals surface area contributed by atoms with E-state index in [1.807, 2.05) is 36.6 Å². The third kappa shape index (κ3) is 0.888. The maximum Gasteiger partial charge on any atom is 0.155 e. The molecule has 3 heteroatoms. The Bertz CT molecular complexity index is 389. The van der Waals surface area contributed by atoms with E-state index >= 15 is 0 Å². The van der Waals surface area contributed by atoms with Gasteiger partial charge in [0.05, 0.1) is 0 Å². The number of fused-ring (bicyclic) bond motifs is 1. The molecule has 0 saturated heterocycles. The molecule has 2 heterocycles. The highest BCUT2D eigenvalue weighted by Crippen LogP contribution is 2.03. The van der Waals surface area contributed by atoms with Crippen molar-refractivity contribution in [1.82, 2.24) is 14.6 Å². The zero-order chi connectivity index (χ0) is 7.84. The van der Waals surface area contributed by atoms with Crippen LogP contribution in [0, 0.1) is 13.8 Å². The topological polar surface area (TPSA) is 30.2 Å². The van der Waals surface area contributed by atoms with Gasteiger partial charge in [0.25, 0.3) is 0 Å². The third-order valence-corrected chi connectivity index (χ3v) is 1.65. The lowest BCUT2D eigenvalue weighted by Gasteiger charge is -1.93. The SMILES string of the molecule is Cc1nc2cccc(C)n2n1. The van der Waals surface area contributed by atoms with Crippen molar-refractivity contribution in [3.8, 4) is 0 Å². The minimum Gasteiger partial charge on any atom is -0.218 e. The van der Waals surface area contributed by atoms with Gasteiger partial charge in [-0.15, -0.1) is 0 Å². The predicted octanol–water partition coefficient (Wildman–Crippen LogP) is 1.35. The molecule has 2 aromatic heterocycles. The van der Waals surface area contributed by atoms with Crippen molar-refractivity contribution in [2.45, 2.75) is 13.8 Å². The Labute approximate surface area is 64.7 Å². The summed E-state index contributed by atoms with van der Waals surface area (Å²) in [6, 6.07) is 5.95. The van der Waals surface area contributed by atoms with Crippen molar-refractivity contribution in [2.75, 3.05) is 0 Å². The Balaban J connectivity index is 2.90. The number of hydrogen-bond donors (Lipinski definition) is 0. The van der Waals surface area contributed by atoms with Crippen LogP contribution in [-0.4, -0.2) is 14.6 Å². The first-order valence-corrected chi connectivity index (χ1v) is 3.56. The highest BCUT2D eigenvalue weighted by Gasteiger charge is 1.98. The molecule has 0 saturated carbocycles. The van der Waals surface area contributed by atoms with E-state index in [1.165, 1.54) is 0 Å². The van der Waals surface area contributed by atoms with E-state index in [1.54, 1.807) is 0 Å². The van der Waals surface area contributed by atoms with Crippen LogP contribution in [0.2, 0.25) is 0 Å². The average Bonchev–Trinajstić information content (AvgIpc) is 2.31. The summed E-state index contributed by atoms with van der Waals surface area (Å²) in [6.07, 6.45) is 0. The van der Waals surface area contributed by atoms with Crippen LogP contribution in [0.25, 0.3) is 5.65 Å². The first-order chi connectivity index (χ1) is 5.27. The van der Waals surface area contributed by atoms with E-state index in [4.69, 9.17) is 0 Å². The molecule has 2 rings (SSSR count). The number of pyridine rings is 1. The monoisotopic (exact) mass is 147 g/mol. The van der Waals surface area contributed by atoms with Crippen LogP contribution in [0.1, 0.15) is 11.5 Å². The van der Waals surface area contributed by atoms with E-state index in [0.29, 0.717) is 0 Å². The summed E-state index contributed by atoms with van der Waals surface area (Å²) in [5, 5.41) is 4.22. The summed E-state index contributed by atoms with van der Waals surface area (Å²) in [5.41, 5.74) is 2.03. The maximum atomic E-state index is 4.23. The lowest BCUT2D eigenvalue weighted by molar-refractivity contribution is 0.892. The Morgan fingerprint density at radius 1 is 1.27 bits per heavy atom. The largest absolute Gasteiger partial charge is 0.218 e. The van der Waals surface area contributed by atoms with E-state index in [-0.39, 0.29) is 0 Å². The van der Waals surface area contributed by atoms with Gasteiger partial charge in [-0.1, -0.05) is 6.07 Å². The van der Waals surface area contributed by atoms with Gasteiger partial charge in [-0.05, 0) is 26.0 Å². The van der Waals surface area contributed by atoms with Crippen LogP contribution in [0.4, 0.5) is 0 Å². The van der Waals surface area contributed by atoms with E-state index < -0.39 is 0 Å². The second-order valence-electron chi connectivity index (χ2n) is 2.60. The number of aryl methyl sites for hydroxylation is 2. The first kappa shape index (κ1) is 6.34. The van der Waals surface area contributed by atoms with Crippen molar-refractivity contribution in [3.63, 3.8) is 0 Å². The Morgan fingerprint density at radius 3 is 2.82 bits per heavy atom. The van der Waals surface area contributed by atoms with E-state index in [9.17, 15) is 0 Å². The molecular weight excluding hydrogens is 138 g/mol. The van der Waals surface area contributed by atoms with E-state index in [2.05, 4.69) is 10.1 Å². The van der Waals surface area contributed by atoms with Gasteiger partial charge in [0.15, 0.2) is 5.65 Å². The molecule has 0 radical (unpaired) electrons. The summed E-state index contributed by atoms with van der Waals surface area (Å²) < 4.78 is 1.84. The molecule has 0 aliphatic heterocycles. The minimum atomic E-state index is 0.819. The summed E-state index contributed by atoms with van der Waals surface area (Å²) in [6.45, 7) is 3.91. The van der Waals surface area contributed by atoms with Crippen LogP contribution in [0.5, 0.6) is 0 Å².